The normalized spacial score (nSPS) is 9.95. The molecule has 0 aliphatic heterocycles. The van der Waals surface area contributed by atoms with Gasteiger partial charge in [0.05, 0.1) is 13.0 Å². The van der Waals surface area contributed by atoms with Gasteiger partial charge in [0.1, 0.15) is 0 Å². The maximum absolute atomic E-state index is 11.8. The molecule has 0 fully saturated rings. The largest absolute Gasteiger partial charge is 0.392 e. The smallest absolute Gasteiger partial charge is 0.230 e. The maximum atomic E-state index is 11.8. The molecule has 21 heavy (non-hydrogen) atoms. The Labute approximate surface area is 128 Å². The van der Waals surface area contributed by atoms with E-state index in [0.717, 1.165) is 16.8 Å². The van der Waals surface area contributed by atoms with Crippen molar-refractivity contribution >= 4 is 28.9 Å². The Balaban J connectivity index is 1.84. The molecule has 4 nitrogen and oxygen atoms in total. The Bertz CT molecular complexity index is 612. The second kappa shape index (κ2) is 7.52. The second-order valence-corrected chi connectivity index (χ2v) is 4.93. The molecule has 0 aliphatic rings. The number of anilines is 1. The fourth-order valence-corrected chi connectivity index (χ4v) is 2.04. The molecule has 0 radical (unpaired) electrons. The van der Waals surface area contributed by atoms with Crippen molar-refractivity contribution in [3.05, 3.63) is 65.7 Å². The molecule has 0 spiro atoms. The first-order valence-electron chi connectivity index (χ1n) is 6.52. The molecule has 5 heteroatoms. The average Bonchev–Trinajstić information content (AvgIpc) is 2.48. The van der Waals surface area contributed by atoms with Gasteiger partial charge in [-0.25, -0.2) is 0 Å². The van der Waals surface area contributed by atoms with Crippen LogP contribution in [0.25, 0.3) is 0 Å². The minimum Gasteiger partial charge on any atom is -0.392 e. The summed E-state index contributed by atoms with van der Waals surface area (Å²) in [7, 11) is 0. The summed E-state index contributed by atoms with van der Waals surface area (Å²) in [6, 6.07) is 16.6. The lowest BCUT2D eigenvalue weighted by Crippen LogP contribution is -2.35. The fraction of sp³-hybridized carbons (Fsp3) is 0.125. The molecule has 0 bridgehead atoms. The first kappa shape index (κ1) is 15.2. The summed E-state index contributed by atoms with van der Waals surface area (Å²) in [5.41, 5.74) is 2.52. The van der Waals surface area contributed by atoms with Gasteiger partial charge >= 0.3 is 0 Å². The average molecular weight is 300 g/mol. The zero-order valence-corrected chi connectivity index (χ0v) is 12.2. The van der Waals surface area contributed by atoms with Crippen LogP contribution in [0.1, 0.15) is 11.1 Å². The zero-order valence-electron chi connectivity index (χ0n) is 11.4. The molecule has 2 aromatic rings. The number of rotatable bonds is 4. The van der Waals surface area contributed by atoms with E-state index < -0.39 is 0 Å². The number of carbonyl (C=O) groups is 1. The molecule has 1 amide bonds. The predicted octanol–water partition coefficient (Wildman–Crippen LogP) is 2.23. The van der Waals surface area contributed by atoms with Gasteiger partial charge in [0.25, 0.3) is 0 Å². The topological polar surface area (TPSA) is 61.4 Å². The van der Waals surface area contributed by atoms with Crippen molar-refractivity contribution < 1.29 is 9.90 Å². The number of benzene rings is 2. The van der Waals surface area contributed by atoms with E-state index in [1.165, 1.54) is 0 Å². The third-order valence-corrected chi connectivity index (χ3v) is 3.06. The maximum Gasteiger partial charge on any atom is 0.230 e. The van der Waals surface area contributed by atoms with Gasteiger partial charge in [0, 0.05) is 5.69 Å². The monoisotopic (exact) mass is 300 g/mol. The predicted molar refractivity (Wildman–Crippen MR) is 86.9 cm³/mol. The summed E-state index contributed by atoms with van der Waals surface area (Å²) in [4.78, 5) is 11.8. The van der Waals surface area contributed by atoms with Gasteiger partial charge in [-0.3, -0.25) is 4.79 Å². The van der Waals surface area contributed by atoms with E-state index in [2.05, 4.69) is 10.6 Å². The summed E-state index contributed by atoms with van der Waals surface area (Å²) >= 11 is 5.10. The third kappa shape index (κ3) is 4.98. The molecule has 0 aromatic heterocycles. The minimum atomic E-state index is -0.161. The molecule has 0 unspecified atom stereocenters. The quantitative estimate of drug-likeness (QED) is 0.758. The number of aliphatic hydroxyl groups is 1. The molecule has 2 aromatic carbocycles. The number of hydrogen-bond acceptors (Lipinski definition) is 3. The molecule has 0 saturated carbocycles. The molecule has 0 saturated heterocycles. The number of amides is 1. The molecule has 108 valence electrons. The standard InChI is InChI=1S/C16H16N2O2S/c19-11-13-6-8-14(9-7-13)17-16(21)18-15(20)10-12-4-2-1-3-5-12/h1-9,19H,10-11H2,(H2,17,18,20,21). The van der Waals surface area contributed by atoms with Crippen molar-refractivity contribution in [2.24, 2.45) is 0 Å². The van der Waals surface area contributed by atoms with E-state index in [-0.39, 0.29) is 24.0 Å². The summed E-state index contributed by atoms with van der Waals surface area (Å²) in [6.07, 6.45) is 0.284. The summed E-state index contributed by atoms with van der Waals surface area (Å²) in [6.45, 7) is -0.00145. The van der Waals surface area contributed by atoms with E-state index in [0.29, 0.717) is 0 Å². The number of hydrogen-bond donors (Lipinski definition) is 3. The molecule has 3 N–H and O–H groups in total. The van der Waals surface area contributed by atoms with Crippen LogP contribution in [0.3, 0.4) is 0 Å². The van der Waals surface area contributed by atoms with Gasteiger partial charge < -0.3 is 15.7 Å². The van der Waals surface area contributed by atoms with E-state index in [4.69, 9.17) is 17.3 Å². The van der Waals surface area contributed by atoms with E-state index >= 15 is 0 Å². The molecule has 0 aliphatic carbocycles. The van der Waals surface area contributed by atoms with Gasteiger partial charge in [-0.15, -0.1) is 0 Å². The van der Waals surface area contributed by atoms with Crippen LogP contribution in [-0.4, -0.2) is 16.1 Å². The van der Waals surface area contributed by atoms with Crippen molar-refractivity contribution in [1.29, 1.82) is 0 Å². The van der Waals surface area contributed by atoms with E-state index in [9.17, 15) is 4.79 Å². The first-order valence-corrected chi connectivity index (χ1v) is 6.93. The number of aliphatic hydroxyl groups excluding tert-OH is 1. The number of nitrogens with one attached hydrogen (secondary N) is 2. The van der Waals surface area contributed by atoms with Crippen LogP contribution in [0.4, 0.5) is 5.69 Å². The van der Waals surface area contributed by atoms with Crippen LogP contribution in [0, 0.1) is 0 Å². The van der Waals surface area contributed by atoms with Crippen molar-refractivity contribution in [3.63, 3.8) is 0 Å². The van der Waals surface area contributed by atoms with E-state index in [1.807, 2.05) is 30.3 Å². The Morgan fingerprint density at radius 3 is 2.29 bits per heavy atom. The molecule has 2 rings (SSSR count). The van der Waals surface area contributed by atoms with Gasteiger partial charge in [0.15, 0.2) is 5.11 Å². The highest BCUT2D eigenvalue weighted by atomic mass is 32.1. The Kier molecular flexibility index (Phi) is 5.43. The second-order valence-electron chi connectivity index (χ2n) is 4.52. The molecular formula is C16H16N2O2S. The summed E-state index contributed by atoms with van der Waals surface area (Å²) in [5.74, 6) is -0.161. The van der Waals surface area contributed by atoms with Gasteiger partial charge in [-0.05, 0) is 35.5 Å². The van der Waals surface area contributed by atoms with Gasteiger partial charge in [-0.1, -0.05) is 42.5 Å². The SMILES string of the molecule is O=C(Cc1ccccc1)NC(=S)Nc1ccc(CO)cc1. The number of thiocarbonyl (C=S) groups is 1. The van der Waals surface area contributed by atoms with Crippen LogP contribution in [0.2, 0.25) is 0 Å². The van der Waals surface area contributed by atoms with Crippen LogP contribution in [-0.2, 0) is 17.8 Å². The third-order valence-electron chi connectivity index (χ3n) is 2.85. The fourth-order valence-electron chi connectivity index (χ4n) is 1.81. The van der Waals surface area contributed by atoms with Crippen molar-refractivity contribution in [2.75, 3.05) is 5.32 Å². The Morgan fingerprint density at radius 1 is 1.00 bits per heavy atom. The molecule has 0 heterocycles. The lowest BCUT2D eigenvalue weighted by atomic mass is 10.1. The van der Waals surface area contributed by atoms with Crippen molar-refractivity contribution in [2.45, 2.75) is 13.0 Å². The number of carbonyl (C=O) groups excluding carboxylic acids is 1. The Morgan fingerprint density at radius 2 is 1.67 bits per heavy atom. The lowest BCUT2D eigenvalue weighted by molar-refractivity contribution is -0.119. The highest BCUT2D eigenvalue weighted by molar-refractivity contribution is 7.80. The highest BCUT2D eigenvalue weighted by Gasteiger charge is 2.06. The lowest BCUT2D eigenvalue weighted by Gasteiger charge is -2.10. The molecule has 0 atom stereocenters. The molecular weight excluding hydrogens is 284 g/mol. The van der Waals surface area contributed by atoms with Crippen molar-refractivity contribution in [3.8, 4) is 0 Å². The first-order chi connectivity index (χ1) is 10.2. The zero-order chi connectivity index (χ0) is 15.1. The van der Waals surface area contributed by atoms with Crippen LogP contribution < -0.4 is 10.6 Å². The summed E-state index contributed by atoms with van der Waals surface area (Å²) in [5, 5.41) is 14.8. The van der Waals surface area contributed by atoms with Gasteiger partial charge in [-0.2, -0.15) is 0 Å². The van der Waals surface area contributed by atoms with Gasteiger partial charge in [0.2, 0.25) is 5.91 Å². The van der Waals surface area contributed by atoms with Crippen LogP contribution in [0.5, 0.6) is 0 Å². The van der Waals surface area contributed by atoms with Crippen molar-refractivity contribution in [1.82, 2.24) is 5.32 Å². The van der Waals surface area contributed by atoms with Crippen LogP contribution in [0.15, 0.2) is 54.6 Å². The Hall–Kier alpha value is -2.24. The highest BCUT2D eigenvalue weighted by Crippen LogP contribution is 2.09. The summed E-state index contributed by atoms with van der Waals surface area (Å²) < 4.78 is 0. The van der Waals surface area contributed by atoms with Crippen LogP contribution >= 0.6 is 12.2 Å². The minimum absolute atomic E-state index is 0.00145. The van der Waals surface area contributed by atoms with E-state index in [1.54, 1.807) is 24.3 Å².